The lowest BCUT2D eigenvalue weighted by Crippen LogP contribution is -2.28. The fourth-order valence-corrected chi connectivity index (χ4v) is 3.23. The van der Waals surface area contributed by atoms with Gasteiger partial charge in [0.2, 0.25) is 17.6 Å². The van der Waals surface area contributed by atoms with E-state index in [4.69, 9.17) is 4.52 Å². The fourth-order valence-electron chi connectivity index (χ4n) is 3.23. The van der Waals surface area contributed by atoms with Crippen LogP contribution in [-0.4, -0.2) is 61.2 Å². The summed E-state index contributed by atoms with van der Waals surface area (Å²) < 4.78 is 5.28. The minimum atomic E-state index is 0.0338. The minimum Gasteiger partial charge on any atom is -0.378 e. The van der Waals surface area contributed by atoms with Crippen LogP contribution in [0.3, 0.4) is 0 Å². The SMILES string of the molecule is CN(C)c1ccc(-c2noc(CCC(=O)NCCCN3CCCC3)n2)cc1. The third-order valence-electron chi connectivity index (χ3n) is 4.85. The summed E-state index contributed by atoms with van der Waals surface area (Å²) in [6, 6.07) is 7.97. The number of carbonyl (C=O) groups excluding carboxylic acids is 1. The maximum atomic E-state index is 12.0. The van der Waals surface area contributed by atoms with Crippen LogP contribution in [0.5, 0.6) is 0 Å². The second-order valence-electron chi connectivity index (χ2n) is 7.21. The first-order chi connectivity index (χ1) is 13.1. The highest BCUT2D eigenvalue weighted by atomic mass is 16.5. The third kappa shape index (κ3) is 5.79. The van der Waals surface area contributed by atoms with Crippen molar-refractivity contribution in [1.82, 2.24) is 20.4 Å². The van der Waals surface area contributed by atoms with Crippen molar-refractivity contribution in [3.63, 3.8) is 0 Å². The van der Waals surface area contributed by atoms with Crippen LogP contribution in [0.4, 0.5) is 5.69 Å². The second kappa shape index (κ2) is 9.50. The van der Waals surface area contributed by atoms with Crippen molar-refractivity contribution >= 4 is 11.6 Å². The number of aryl methyl sites for hydroxylation is 1. The largest absolute Gasteiger partial charge is 0.378 e. The molecule has 1 fully saturated rings. The molecule has 7 heteroatoms. The van der Waals surface area contributed by atoms with Crippen LogP contribution in [0.25, 0.3) is 11.4 Å². The lowest BCUT2D eigenvalue weighted by atomic mass is 10.2. The summed E-state index contributed by atoms with van der Waals surface area (Å²) in [5.74, 6) is 1.08. The number of likely N-dealkylation sites (tertiary alicyclic amines) is 1. The van der Waals surface area contributed by atoms with Crippen molar-refractivity contribution in [1.29, 1.82) is 0 Å². The predicted octanol–water partition coefficient (Wildman–Crippen LogP) is 2.34. The molecule has 7 nitrogen and oxygen atoms in total. The van der Waals surface area contributed by atoms with E-state index in [0.29, 0.717) is 24.6 Å². The van der Waals surface area contributed by atoms with Crippen LogP contribution in [-0.2, 0) is 11.2 Å². The van der Waals surface area contributed by atoms with E-state index in [1.54, 1.807) is 0 Å². The van der Waals surface area contributed by atoms with E-state index < -0.39 is 0 Å². The number of nitrogens with one attached hydrogen (secondary N) is 1. The molecule has 0 aliphatic carbocycles. The Morgan fingerprint density at radius 3 is 2.67 bits per heavy atom. The van der Waals surface area contributed by atoms with Crippen LogP contribution in [0.1, 0.15) is 31.6 Å². The number of carbonyl (C=O) groups is 1. The van der Waals surface area contributed by atoms with Gasteiger partial charge in [0.15, 0.2) is 0 Å². The zero-order valence-electron chi connectivity index (χ0n) is 16.3. The smallest absolute Gasteiger partial charge is 0.227 e. The number of aromatic nitrogens is 2. The maximum absolute atomic E-state index is 12.0. The van der Waals surface area contributed by atoms with Gasteiger partial charge in [0.1, 0.15) is 0 Å². The lowest BCUT2D eigenvalue weighted by Gasteiger charge is -2.14. The minimum absolute atomic E-state index is 0.0338. The summed E-state index contributed by atoms with van der Waals surface area (Å²) in [5, 5.41) is 6.99. The van der Waals surface area contributed by atoms with E-state index in [-0.39, 0.29) is 5.91 Å². The normalized spacial score (nSPS) is 14.4. The Labute approximate surface area is 160 Å². The van der Waals surface area contributed by atoms with Gasteiger partial charge in [0.25, 0.3) is 0 Å². The van der Waals surface area contributed by atoms with E-state index in [1.165, 1.54) is 25.9 Å². The second-order valence-corrected chi connectivity index (χ2v) is 7.21. The van der Waals surface area contributed by atoms with Gasteiger partial charge in [-0.05, 0) is 63.2 Å². The Kier molecular flexibility index (Phi) is 6.81. The topological polar surface area (TPSA) is 74.5 Å². The molecule has 0 bridgehead atoms. The highest BCUT2D eigenvalue weighted by Crippen LogP contribution is 2.20. The van der Waals surface area contributed by atoms with Gasteiger partial charge in [-0.25, -0.2) is 0 Å². The molecule has 1 aromatic heterocycles. The number of amides is 1. The average Bonchev–Trinajstić information content (AvgIpc) is 3.35. The first-order valence-electron chi connectivity index (χ1n) is 9.71. The molecule has 1 aromatic carbocycles. The van der Waals surface area contributed by atoms with Crippen molar-refractivity contribution in [2.75, 3.05) is 45.2 Å². The highest BCUT2D eigenvalue weighted by molar-refractivity contribution is 5.76. The van der Waals surface area contributed by atoms with Gasteiger partial charge >= 0.3 is 0 Å². The summed E-state index contributed by atoms with van der Waals surface area (Å²) in [6.07, 6.45) is 4.43. The van der Waals surface area contributed by atoms with Crippen LogP contribution in [0.15, 0.2) is 28.8 Å². The van der Waals surface area contributed by atoms with Crippen LogP contribution >= 0.6 is 0 Å². The predicted molar refractivity (Wildman–Crippen MR) is 106 cm³/mol. The van der Waals surface area contributed by atoms with Crippen LogP contribution in [0.2, 0.25) is 0 Å². The summed E-state index contributed by atoms with van der Waals surface area (Å²) in [5.41, 5.74) is 2.02. The van der Waals surface area contributed by atoms with E-state index in [0.717, 1.165) is 30.8 Å². The van der Waals surface area contributed by atoms with Crippen molar-refractivity contribution in [2.24, 2.45) is 0 Å². The first kappa shape index (κ1) is 19.4. The monoisotopic (exact) mass is 371 g/mol. The van der Waals surface area contributed by atoms with Gasteiger partial charge in [-0.15, -0.1) is 0 Å². The Morgan fingerprint density at radius 1 is 1.22 bits per heavy atom. The molecule has 0 radical (unpaired) electrons. The van der Waals surface area contributed by atoms with E-state index >= 15 is 0 Å². The first-order valence-corrected chi connectivity index (χ1v) is 9.71. The highest BCUT2D eigenvalue weighted by Gasteiger charge is 2.12. The van der Waals surface area contributed by atoms with E-state index in [2.05, 4.69) is 20.4 Å². The number of benzene rings is 1. The van der Waals surface area contributed by atoms with Gasteiger partial charge in [-0.1, -0.05) is 5.16 Å². The molecule has 1 saturated heterocycles. The van der Waals surface area contributed by atoms with Crippen molar-refractivity contribution in [3.05, 3.63) is 30.2 Å². The Balaban J connectivity index is 1.39. The van der Waals surface area contributed by atoms with Crippen molar-refractivity contribution < 1.29 is 9.32 Å². The molecule has 146 valence electrons. The number of nitrogens with zero attached hydrogens (tertiary/aromatic N) is 4. The fraction of sp³-hybridized carbons (Fsp3) is 0.550. The molecular formula is C20H29N5O2. The number of hydrogen-bond acceptors (Lipinski definition) is 6. The van der Waals surface area contributed by atoms with Crippen LogP contribution in [0, 0.1) is 0 Å². The summed E-state index contributed by atoms with van der Waals surface area (Å²) in [4.78, 5) is 20.9. The third-order valence-corrected chi connectivity index (χ3v) is 4.85. The van der Waals surface area contributed by atoms with Gasteiger partial charge in [0, 0.05) is 44.7 Å². The Morgan fingerprint density at radius 2 is 1.96 bits per heavy atom. The Bertz CT molecular complexity index is 720. The number of rotatable bonds is 9. The molecular weight excluding hydrogens is 342 g/mol. The molecule has 1 amide bonds. The summed E-state index contributed by atoms with van der Waals surface area (Å²) in [6.45, 7) is 4.19. The lowest BCUT2D eigenvalue weighted by molar-refractivity contribution is -0.121. The van der Waals surface area contributed by atoms with Gasteiger partial charge in [-0.3, -0.25) is 4.79 Å². The maximum Gasteiger partial charge on any atom is 0.227 e. The van der Waals surface area contributed by atoms with Gasteiger partial charge < -0.3 is 19.6 Å². The van der Waals surface area contributed by atoms with E-state index in [1.807, 2.05) is 43.3 Å². The zero-order valence-corrected chi connectivity index (χ0v) is 16.3. The number of hydrogen-bond donors (Lipinski definition) is 1. The van der Waals surface area contributed by atoms with E-state index in [9.17, 15) is 4.79 Å². The summed E-state index contributed by atoms with van der Waals surface area (Å²) in [7, 11) is 4.00. The van der Waals surface area contributed by atoms with Gasteiger partial charge in [-0.2, -0.15) is 4.98 Å². The molecule has 27 heavy (non-hydrogen) atoms. The molecule has 1 N–H and O–H groups in total. The summed E-state index contributed by atoms with van der Waals surface area (Å²) >= 11 is 0. The molecule has 0 unspecified atom stereocenters. The Hall–Kier alpha value is -2.41. The number of anilines is 1. The molecule has 0 atom stereocenters. The average molecular weight is 371 g/mol. The molecule has 3 rings (SSSR count). The van der Waals surface area contributed by atoms with Crippen molar-refractivity contribution in [2.45, 2.75) is 32.1 Å². The molecule has 2 heterocycles. The quantitative estimate of drug-likeness (QED) is 0.682. The van der Waals surface area contributed by atoms with Crippen molar-refractivity contribution in [3.8, 4) is 11.4 Å². The molecule has 1 aliphatic heterocycles. The zero-order chi connectivity index (χ0) is 19.1. The molecule has 0 spiro atoms. The standard InChI is InChI=1S/C20H29N5O2/c1-24(2)17-8-6-16(7-9-17)20-22-19(27-23-20)11-10-18(26)21-12-5-15-25-13-3-4-14-25/h6-9H,3-5,10-15H2,1-2H3,(H,21,26). The van der Waals surface area contributed by atoms with Crippen LogP contribution < -0.4 is 10.2 Å². The molecule has 2 aromatic rings. The molecule has 1 aliphatic rings. The molecule has 0 saturated carbocycles. The van der Waals surface area contributed by atoms with Gasteiger partial charge in [0.05, 0.1) is 0 Å².